The highest BCUT2D eigenvalue weighted by molar-refractivity contribution is 5.99. The van der Waals surface area contributed by atoms with Gasteiger partial charge in [-0.1, -0.05) is 0 Å². The standard InChI is InChI=1S/C20H25N5O3/c1-20(2,27)16-7-4-12(9-21-16)15-10-22-18-19(23-15)25(11-17(26)24-18)13-5-6-14(8-13)28-3/h4,7,9-10,13-14,27H,5-6,8,11H2,1-3H3,(H,22,24,26)/t13?,14-/m0/s1. The van der Waals surface area contributed by atoms with E-state index in [0.29, 0.717) is 23.0 Å². The zero-order valence-electron chi connectivity index (χ0n) is 16.3. The lowest BCUT2D eigenvalue weighted by Crippen LogP contribution is -2.44. The molecule has 2 N–H and O–H groups in total. The average molecular weight is 383 g/mol. The minimum absolute atomic E-state index is 0.0772. The predicted molar refractivity (Wildman–Crippen MR) is 105 cm³/mol. The Morgan fingerprint density at radius 2 is 2.07 bits per heavy atom. The van der Waals surface area contributed by atoms with Gasteiger partial charge in [0.05, 0.1) is 30.2 Å². The molecule has 28 heavy (non-hydrogen) atoms. The lowest BCUT2D eigenvalue weighted by molar-refractivity contribution is -0.115. The summed E-state index contributed by atoms with van der Waals surface area (Å²) < 4.78 is 5.49. The molecule has 148 valence electrons. The van der Waals surface area contributed by atoms with E-state index in [-0.39, 0.29) is 24.6 Å². The molecule has 1 saturated carbocycles. The first-order valence-corrected chi connectivity index (χ1v) is 9.51. The number of aromatic nitrogens is 3. The van der Waals surface area contributed by atoms with E-state index >= 15 is 0 Å². The van der Waals surface area contributed by atoms with E-state index in [1.165, 1.54) is 0 Å². The quantitative estimate of drug-likeness (QED) is 0.834. The van der Waals surface area contributed by atoms with Gasteiger partial charge in [-0.2, -0.15) is 0 Å². The van der Waals surface area contributed by atoms with Crippen LogP contribution in [0.15, 0.2) is 24.5 Å². The van der Waals surface area contributed by atoms with Gasteiger partial charge in [0.2, 0.25) is 5.91 Å². The van der Waals surface area contributed by atoms with Crippen LogP contribution in [-0.4, -0.2) is 51.8 Å². The number of hydrogen-bond acceptors (Lipinski definition) is 7. The number of methoxy groups -OCH3 is 1. The van der Waals surface area contributed by atoms with Crippen LogP contribution in [0.3, 0.4) is 0 Å². The van der Waals surface area contributed by atoms with Gasteiger partial charge in [0.25, 0.3) is 0 Å². The summed E-state index contributed by atoms with van der Waals surface area (Å²) in [5, 5.41) is 12.9. The maximum atomic E-state index is 12.1. The van der Waals surface area contributed by atoms with Crippen molar-refractivity contribution in [1.82, 2.24) is 15.0 Å². The number of pyridine rings is 1. The largest absolute Gasteiger partial charge is 0.384 e. The first-order chi connectivity index (χ1) is 13.3. The molecule has 1 unspecified atom stereocenters. The molecule has 0 aromatic carbocycles. The third-order valence-electron chi connectivity index (χ3n) is 5.41. The summed E-state index contributed by atoms with van der Waals surface area (Å²) in [6.45, 7) is 3.66. The van der Waals surface area contributed by atoms with Gasteiger partial charge in [0.1, 0.15) is 5.60 Å². The zero-order valence-corrected chi connectivity index (χ0v) is 16.3. The molecule has 8 nitrogen and oxygen atoms in total. The first-order valence-electron chi connectivity index (χ1n) is 9.51. The van der Waals surface area contributed by atoms with Crippen LogP contribution in [0.2, 0.25) is 0 Å². The van der Waals surface area contributed by atoms with Gasteiger partial charge in [0.15, 0.2) is 11.6 Å². The zero-order chi connectivity index (χ0) is 19.9. The molecule has 3 heterocycles. The second-order valence-electron chi connectivity index (χ2n) is 7.92. The summed E-state index contributed by atoms with van der Waals surface area (Å²) >= 11 is 0. The van der Waals surface area contributed by atoms with Gasteiger partial charge in [-0.25, -0.2) is 9.97 Å². The third-order valence-corrected chi connectivity index (χ3v) is 5.41. The van der Waals surface area contributed by atoms with E-state index in [1.54, 1.807) is 39.4 Å². The van der Waals surface area contributed by atoms with E-state index in [1.807, 2.05) is 11.0 Å². The van der Waals surface area contributed by atoms with Crippen LogP contribution in [-0.2, 0) is 15.1 Å². The molecule has 1 aliphatic heterocycles. The van der Waals surface area contributed by atoms with Crippen LogP contribution in [0.5, 0.6) is 0 Å². The first kappa shape index (κ1) is 18.8. The van der Waals surface area contributed by atoms with Crippen LogP contribution >= 0.6 is 0 Å². The molecule has 0 bridgehead atoms. The molecular weight excluding hydrogens is 358 g/mol. The Morgan fingerprint density at radius 3 is 2.71 bits per heavy atom. The highest BCUT2D eigenvalue weighted by atomic mass is 16.5. The lowest BCUT2D eigenvalue weighted by atomic mass is 10.0. The number of amides is 1. The van der Waals surface area contributed by atoms with Crippen molar-refractivity contribution in [3.8, 4) is 11.3 Å². The average Bonchev–Trinajstić information content (AvgIpc) is 3.15. The topological polar surface area (TPSA) is 100 Å². The van der Waals surface area contributed by atoms with Crippen molar-refractivity contribution < 1.29 is 14.6 Å². The second-order valence-corrected chi connectivity index (χ2v) is 7.92. The minimum Gasteiger partial charge on any atom is -0.384 e. The van der Waals surface area contributed by atoms with E-state index in [9.17, 15) is 9.90 Å². The third kappa shape index (κ3) is 3.57. The Labute approximate surface area is 164 Å². The smallest absolute Gasteiger partial charge is 0.245 e. The van der Waals surface area contributed by atoms with Crippen LogP contribution < -0.4 is 10.2 Å². The summed E-state index contributed by atoms with van der Waals surface area (Å²) in [6.07, 6.45) is 6.34. The summed E-state index contributed by atoms with van der Waals surface area (Å²) in [7, 11) is 1.73. The molecule has 1 aliphatic carbocycles. The van der Waals surface area contributed by atoms with E-state index in [2.05, 4.69) is 15.3 Å². The van der Waals surface area contributed by atoms with Gasteiger partial charge >= 0.3 is 0 Å². The highest BCUT2D eigenvalue weighted by Crippen LogP contribution is 2.35. The number of aliphatic hydroxyl groups is 1. The molecule has 2 atom stereocenters. The predicted octanol–water partition coefficient (Wildman–Crippen LogP) is 2.09. The molecule has 0 radical (unpaired) electrons. The maximum absolute atomic E-state index is 12.1. The molecule has 1 fully saturated rings. The van der Waals surface area contributed by atoms with Gasteiger partial charge < -0.3 is 20.1 Å². The fourth-order valence-electron chi connectivity index (χ4n) is 3.83. The molecule has 0 spiro atoms. The van der Waals surface area contributed by atoms with E-state index in [4.69, 9.17) is 9.72 Å². The van der Waals surface area contributed by atoms with Gasteiger partial charge in [-0.05, 0) is 45.2 Å². The minimum atomic E-state index is -0.999. The Kier molecular flexibility index (Phi) is 4.76. The summed E-state index contributed by atoms with van der Waals surface area (Å²) in [5.74, 6) is 1.10. The molecule has 4 rings (SSSR count). The summed E-state index contributed by atoms with van der Waals surface area (Å²) in [5.41, 5.74) is 1.08. The maximum Gasteiger partial charge on any atom is 0.245 e. The van der Waals surface area contributed by atoms with Crippen LogP contribution in [0, 0.1) is 0 Å². The Hall–Kier alpha value is -2.58. The highest BCUT2D eigenvalue weighted by Gasteiger charge is 2.35. The number of ether oxygens (including phenoxy) is 1. The normalized spacial score (nSPS) is 22.1. The molecule has 2 aliphatic rings. The van der Waals surface area contributed by atoms with Crippen molar-refractivity contribution in [1.29, 1.82) is 0 Å². The number of hydrogen-bond donors (Lipinski definition) is 2. The van der Waals surface area contributed by atoms with Crippen molar-refractivity contribution in [3.63, 3.8) is 0 Å². The number of nitrogens with zero attached hydrogens (tertiary/aromatic N) is 4. The van der Waals surface area contributed by atoms with Crippen molar-refractivity contribution in [2.24, 2.45) is 0 Å². The fourth-order valence-corrected chi connectivity index (χ4v) is 3.83. The number of carbonyl (C=O) groups is 1. The molecule has 0 saturated heterocycles. The van der Waals surface area contributed by atoms with Crippen LogP contribution in [0.4, 0.5) is 11.6 Å². The van der Waals surface area contributed by atoms with Crippen molar-refractivity contribution in [2.45, 2.75) is 50.9 Å². The van der Waals surface area contributed by atoms with Gasteiger partial charge in [-0.3, -0.25) is 9.78 Å². The van der Waals surface area contributed by atoms with E-state index in [0.717, 1.165) is 24.8 Å². The SMILES string of the molecule is CO[C@H]1CCC(N2CC(=O)Nc3ncc(-c4ccc(C(C)(C)O)nc4)nc32)C1. The molecule has 2 aromatic rings. The second kappa shape index (κ2) is 7.10. The Morgan fingerprint density at radius 1 is 1.25 bits per heavy atom. The monoisotopic (exact) mass is 383 g/mol. The molecule has 2 aromatic heterocycles. The van der Waals surface area contributed by atoms with Gasteiger partial charge in [0, 0.05) is 24.9 Å². The van der Waals surface area contributed by atoms with Crippen molar-refractivity contribution >= 4 is 17.5 Å². The van der Waals surface area contributed by atoms with Gasteiger partial charge in [-0.15, -0.1) is 0 Å². The van der Waals surface area contributed by atoms with Crippen molar-refractivity contribution in [3.05, 3.63) is 30.2 Å². The number of nitrogens with one attached hydrogen (secondary N) is 1. The number of rotatable bonds is 4. The fraction of sp³-hybridized carbons (Fsp3) is 0.500. The van der Waals surface area contributed by atoms with Crippen molar-refractivity contribution in [2.75, 3.05) is 23.9 Å². The lowest BCUT2D eigenvalue weighted by Gasteiger charge is -2.34. The Bertz CT molecular complexity index is 878. The molecule has 1 amide bonds. The summed E-state index contributed by atoms with van der Waals surface area (Å²) in [6, 6.07) is 3.87. The van der Waals surface area contributed by atoms with Crippen LogP contribution in [0.1, 0.15) is 38.8 Å². The van der Waals surface area contributed by atoms with Crippen LogP contribution in [0.25, 0.3) is 11.3 Å². The number of fused-ring (bicyclic) bond motifs is 1. The van der Waals surface area contributed by atoms with E-state index < -0.39 is 5.60 Å². The molecular formula is C20H25N5O3. The molecule has 8 heteroatoms. The number of anilines is 2. The summed E-state index contributed by atoms with van der Waals surface area (Å²) in [4.78, 5) is 27.8. The number of carbonyl (C=O) groups excluding carboxylic acids is 1. The Balaban J connectivity index is 1.66.